The molecule has 0 aliphatic heterocycles. The number of nitrogens with two attached hydrogens (primary N) is 2. The van der Waals surface area contributed by atoms with Crippen LogP contribution in [0.3, 0.4) is 0 Å². The molecule has 7 nitrogen and oxygen atoms in total. The second-order valence-electron chi connectivity index (χ2n) is 5.22. The largest absolute Gasteiger partial charge is 0.497 e. The van der Waals surface area contributed by atoms with Crippen molar-refractivity contribution in [2.24, 2.45) is 5.73 Å². The van der Waals surface area contributed by atoms with Crippen molar-refractivity contribution in [3.63, 3.8) is 0 Å². The fourth-order valence-corrected chi connectivity index (χ4v) is 3.23. The van der Waals surface area contributed by atoms with E-state index in [0.717, 1.165) is 28.6 Å². The first-order chi connectivity index (χ1) is 12.1. The van der Waals surface area contributed by atoms with Crippen LogP contribution in [-0.4, -0.2) is 27.9 Å². The van der Waals surface area contributed by atoms with E-state index < -0.39 is 11.2 Å². The Hall–Kier alpha value is -3.00. The molecule has 1 atom stereocenters. The number of hydrogen-bond donors (Lipinski definition) is 2. The van der Waals surface area contributed by atoms with Crippen molar-refractivity contribution in [2.45, 2.75) is 10.4 Å². The minimum absolute atomic E-state index is 0.401. The Morgan fingerprint density at radius 2 is 1.80 bits per heavy atom. The smallest absolute Gasteiger partial charge is 0.235 e. The zero-order valence-electron chi connectivity index (χ0n) is 13.5. The number of methoxy groups -OCH3 is 1. The molecule has 25 heavy (non-hydrogen) atoms. The summed E-state index contributed by atoms with van der Waals surface area (Å²) in [4.78, 5) is 11.9. The normalized spacial score (nSPS) is 11.9. The molecule has 0 bridgehead atoms. The standard InChI is InChI=1S/C17H17N5O2S/c1-24-13-9-7-12(8-10-13)16-20-21-17(22(16)19)25-14(15(18)23)11-5-3-2-4-6-11/h2-10,14H,19H2,1H3,(H2,18,23). The number of rotatable bonds is 6. The van der Waals surface area contributed by atoms with Gasteiger partial charge < -0.3 is 16.3 Å². The highest BCUT2D eigenvalue weighted by Crippen LogP contribution is 2.34. The summed E-state index contributed by atoms with van der Waals surface area (Å²) in [5.41, 5.74) is 7.12. The van der Waals surface area contributed by atoms with E-state index in [4.69, 9.17) is 16.3 Å². The molecule has 0 aliphatic carbocycles. The molecule has 0 spiro atoms. The Kier molecular flexibility index (Phi) is 4.90. The summed E-state index contributed by atoms with van der Waals surface area (Å²) in [6.45, 7) is 0. The highest BCUT2D eigenvalue weighted by molar-refractivity contribution is 8.00. The quantitative estimate of drug-likeness (QED) is 0.517. The molecule has 1 unspecified atom stereocenters. The molecule has 0 aliphatic rings. The van der Waals surface area contributed by atoms with E-state index in [1.807, 2.05) is 54.6 Å². The minimum Gasteiger partial charge on any atom is -0.497 e. The summed E-state index contributed by atoms with van der Waals surface area (Å²) >= 11 is 1.16. The van der Waals surface area contributed by atoms with Gasteiger partial charge in [0.15, 0.2) is 5.82 Å². The molecule has 0 radical (unpaired) electrons. The van der Waals surface area contributed by atoms with E-state index in [2.05, 4.69) is 10.2 Å². The maximum absolute atomic E-state index is 11.9. The number of nitrogens with zero attached hydrogens (tertiary/aromatic N) is 3. The van der Waals surface area contributed by atoms with Crippen LogP contribution in [0.25, 0.3) is 11.4 Å². The van der Waals surface area contributed by atoms with Crippen LogP contribution in [0.1, 0.15) is 10.8 Å². The van der Waals surface area contributed by atoms with Crippen molar-refractivity contribution in [3.8, 4) is 17.1 Å². The van der Waals surface area contributed by atoms with E-state index in [-0.39, 0.29) is 0 Å². The monoisotopic (exact) mass is 355 g/mol. The van der Waals surface area contributed by atoms with Gasteiger partial charge in [-0.1, -0.05) is 42.1 Å². The second-order valence-corrected chi connectivity index (χ2v) is 6.29. The molecule has 1 aromatic heterocycles. The van der Waals surface area contributed by atoms with E-state index in [0.29, 0.717) is 11.0 Å². The lowest BCUT2D eigenvalue weighted by Gasteiger charge is -2.12. The predicted molar refractivity (Wildman–Crippen MR) is 96.4 cm³/mol. The molecule has 1 amide bonds. The van der Waals surface area contributed by atoms with Gasteiger partial charge in [-0.15, -0.1) is 10.2 Å². The Labute approximate surface area is 149 Å². The number of ether oxygens (including phenoxy) is 1. The Morgan fingerprint density at radius 1 is 1.12 bits per heavy atom. The third-order valence-corrected chi connectivity index (χ3v) is 4.83. The number of primary amides is 1. The zero-order chi connectivity index (χ0) is 17.8. The number of amides is 1. The van der Waals surface area contributed by atoms with Gasteiger partial charge in [0.1, 0.15) is 11.0 Å². The first-order valence-corrected chi connectivity index (χ1v) is 8.34. The number of nitrogen functional groups attached to an aromatic ring is 1. The first kappa shape index (κ1) is 16.8. The lowest BCUT2D eigenvalue weighted by Crippen LogP contribution is -2.20. The number of aromatic nitrogens is 3. The van der Waals surface area contributed by atoms with E-state index in [1.165, 1.54) is 4.68 Å². The van der Waals surface area contributed by atoms with Crippen molar-refractivity contribution in [1.29, 1.82) is 0 Å². The summed E-state index contributed by atoms with van der Waals surface area (Å²) in [5.74, 6) is 6.88. The van der Waals surface area contributed by atoms with Gasteiger partial charge in [-0.3, -0.25) is 4.79 Å². The van der Waals surface area contributed by atoms with Crippen molar-refractivity contribution >= 4 is 17.7 Å². The van der Waals surface area contributed by atoms with Gasteiger partial charge in [0.2, 0.25) is 11.1 Å². The van der Waals surface area contributed by atoms with Crippen molar-refractivity contribution < 1.29 is 9.53 Å². The van der Waals surface area contributed by atoms with E-state index >= 15 is 0 Å². The van der Waals surface area contributed by atoms with Crippen LogP contribution in [-0.2, 0) is 4.79 Å². The Bertz CT molecular complexity index is 865. The Morgan fingerprint density at radius 3 is 2.40 bits per heavy atom. The van der Waals surface area contributed by atoms with Crippen LogP contribution in [0.4, 0.5) is 0 Å². The molecule has 0 saturated heterocycles. The molecule has 2 aromatic carbocycles. The molecule has 3 rings (SSSR count). The van der Waals surface area contributed by atoms with Crippen LogP contribution in [0, 0.1) is 0 Å². The molecule has 0 fully saturated rings. The van der Waals surface area contributed by atoms with Crippen molar-refractivity contribution in [1.82, 2.24) is 14.9 Å². The number of hydrogen-bond acceptors (Lipinski definition) is 6. The topological polar surface area (TPSA) is 109 Å². The van der Waals surface area contributed by atoms with Crippen molar-refractivity contribution in [3.05, 3.63) is 60.2 Å². The van der Waals surface area contributed by atoms with E-state index in [9.17, 15) is 4.79 Å². The van der Waals surface area contributed by atoms with Crippen molar-refractivity contribution in [2.75, 3.05) is 13.0 Å². The third kappa shape index (κ3) is 3.58. The van der Waals surface area contributed by atoms with Crippen LogP contribution in [0.5, 0.6) is 5.75 Å². The second kappa shape index (κ2) is 7.27. The van der Waals surface area contributed by atoms with Crippen LogP contribution < -0.4 is 16.3 Å². The maximum atomic E-state index is 11.9. The molecule has 4 N–H and O–H groups in total. The van der Waals surface area contributed by atoms with Crippen LogP contribution >= 0.6 is 11.8 Å². The fourth-order valence-electron chi connectivity index (χ4n) is 2.32. The lowest BCUT2D eigenvalue weighted by molar-refractivity contribution is -0.117. The molecular weight excluding hydrogens is 338 g/mol. The highest BCUT2D eigenvalue weighted by Gasteiger charge is 2.23. The SMILES string of the molecule is COc1ccc(-c2nnc(SC(C(N)=O)c3ccccc3)n2N)cc1. The molecule has 3 aromatic rings. The summed E-state index contributed by atoms with van der Waals surface area (Å²) in [6, 6.07) is 16.5. The zero-order valence-corrected chi connectivity index (χ0v) is 14.3. The summed E-state index contributed by atoms with van der Waals surface area (Å²) < 4.78 is 6.49. The number of benzene rings is 2. The van der Waals surface area contributed by atoms with Crippen LogP contribution in [0.15, 0.2) is 59.8 Å². The van der Waals surface area contributed by atoms with Gasteiger partial charge in [-0.2, -0.15) is 0 Å². The van der Waals surface area contributed by atoms with Gasteiger partial charge in [0, 0.05) is 5.56 Å². The Balaban J connectivity index is 1.88. The number of thioether (sulfide) groups is 1. The van der Waals surface area contributed by atoms with E-state index in [1.54, 1.807) is 7.11 Å². The van der Waals surface area contributed by atoms with Gasteiger partial charge >= 0.3 is 0 Å². The average Bonchev–Trinajstić information content (AvgIpc) is 3.00. The lowest BCUT2D eigenvalue weighted by atomic mass is 10.1. The molecule has 0 saturated carbocycles. The fraction of sp³-hybridized carbons (Fsp3) is 0.118. The minimum atomic E-state index is -0.601. The first-order valence-electron chi connectivity index (χ1n) is 7.46. The summed E-state index contributed by atoms with van der Waals surface area (Å²) in [5, 5.41) is 8.02. The predicted octanol–water partition coefficient (Wildman–Crippen LogP) is 1.99. The van der Waals surface area contributed by atoms with Gasteiger partial charge in [-0.05, 0) is 29.8 Å². The average molecular weight is 355 g/mol. The van der Waals surface area contributed by atoms with Gasteiger partial charge in [0.05, 0.1) is 7.11 Å². The van der Waals surface area contributed by atoms with Gasteiger partial charge in [-0.25, -0.2) is 4.68 Å². The summed E-state index contributed by atoms with van der Waals surface area (Å²) in [7, 11) is 1.60. The third-order valence-electron chi connectivity index (χ3n) is 3.60. The molecule has 1 heterocycles. The highest BCUT2D eigenvalue weighted by atomic mass is 32.2. The molecular formula is C17H17N5O2S. The number of carbonyl (C=O) groups excluding carboxylic acids is 1. The molecule has 128 valence electrons. The maximum Gasteiger partial charge on any atom is 0.235 e. The molecule has 8 heteroatoms. The van der Waals surface area contributed by atoms with Gasteiger partial charge in [0.25, 0.3) is 0 Å². The van der Waals surface area contributed by atoms with Crippen LogP contribution in [0.2, 0.25) is 0 Å². The summed E-state index contributed by atoms with van der Waals surface area (Å²) in [6.07, 6.45) is 0. The number of carbonyl (C=O) groups is 1.